The average molecular weight is 508 g/mol. The molecule has 1 aliphatic heterocycles. The monoisotopic (exact) mass is 507 g/mol. The van der Waals surface area contributed by atoms with Gasteiger partial charge in [-0.3, -0.25) is 14.5 Å². The number of hydrogen-bond acceptors (Lipinski definition) is 4. The zero-order valence-electron chi connectivity index (χ0n) is 18.1. The van der Waals surface area contributed by atoms with Gasteiger partial charge in [0.2, 0.25) is 5.91 Å². The molecule has 1 saturated heterocycles. The fourth-order valence-electron chi connectivity index (χ4n) is 3.63. The molecule has 0 radical (unpaired) electrons. The molecule has 0 unspecified atom stereocenters. The molecular weight excluding hydrogens is 489 g/mol. The summed E-state index contributed by atoms with van der Waals surface area (Å²) in [4.78, 5) is 28.1. The summed E-state index contributed by atoms with van der Waals surface area (Å²) >= 11 is 13.4. The Morgan fingerprint density at radius 1 is 1.09 bits per heavy atom. The SMILES string of the molecule is Cc1cccc(C[C@@H]2S/C(=C(/C#N)C(=O)Nc3cc(Cl)ccc3Cl)N(c3ccccc3)C2=O)c1. The first kappa shape index (κ1) is 23.9. The Hall–Kier alpha value is -3.24. The van der Waals surface area contributed by atoms with Gasteiger partial charge in [0.15, 0.2) is 0 Å². The maximum Gasteiger partial charge on any atom is 0.269 e. The van der Waals surface area contributed by atoms with E-state index in [1.807, 2.05) is 43.3 Å². The predicted molar refractivity (Wildman–Crippen MR) is 138 cm³/mol. The van der Waals surface area contributed by atoms with Crippen LogP contribution in [0.1, 0.15) is 11.1 Å². The average Bonchev–Trinajstić information content (AvgIpc) is 3.12. The van der Waals surface area contributed by atoms with Crippen molar-refractivity contribution in [2.45, 2.75) is 18.6 Å². The lowest BCUT2D eigenvalue weighted by Crippen LogP contribution is -2.30. The maximum absolute atomic E-state index is 13.5. The normalized spacial score (nSPS) is 16.8. The minimum absolute atomic E-state index is 0.176. The summed E-state index contributed by atoms with van der Waals surface area (Å²) in [7, 11) is 0. The third-order valence-electron chi connectivity index (χ3n) is 5.20. The van der Waals surface area contributed by atoms with Crippen molar-refractivity contribution in [2.24, 2.45) is 0 Å². The van der Waals surface area contributed by atoms with E-state index in [0.29, 0.717) is 17.1 Å². The molecule has 4 rings (SSSR count). The quantitative estimate of drug-likeness (QED) is 0.321. The molecule has 5 nitrogen and oxygen atoms in total. The lowest BCUT2D eigenvalue weighted by Gasteiger charge is -2.18. The third-order valence-corrected chi connectivity index (χ3v) is 7.03. The summed E-state index contributed by atoms with van der Waals surface area (Å²) in [6.45, 7) is 1.99. The van der Waals surface area contributed by atoms with Gasteiger partial charge >= 0.3 is 0 Å². The lowest BCUT2D eigenvalue weighted by atomic mass is 10.1. The van der Waals surface area contributed by atoms with Crippen molar-refractivity contribution < 1.29 is 9.59 Å². The molecule has 0 spiro atoms. The second-order valence-electron chi connectivity index (χ2n) is 7.68. The van der Waals surface area contributed by atoms with Crippen LogP contribution in [0.15, 0.2) is 83.4 Å². The summed E-state index contributed by atoms with van der Waals surface area (Å²) in [5, 5.41) is 13.1. The van der Waals surface area contributed by atoms with Crippen molar-refractivity contribution in [3.05, 3.63) is 105 Å². The summed E-state index contributed by atoms with van der Waals surface area (Å²) in [6.07, 6.45) is 0.471. The minimum Gasteiger partial charge on any atom is -0.320 e. The molecule has 170 valence electrons. The number of nitrogens with one attached hydrogen (secondary N) is 1. The Labute approximate surface area is 212 Å². The van der Waals surface area contributed by atoms with Gasteiger partial charge in [-0.2, -0.15) is 5.26 Å². The highest BCUT2D eigenvalue weighted by molar-refractivity contribution is 8.05. The Balaban J connectivity index is 1.73. The zero-order chi connectivity index (χ0) is 24.2. The lowest BCUT2D eigenvalue weighted by molar-refractivity contribution is -0.117. The summed E-state index contributed by atoms with van der Waals surface area (Å²) in [6, 6.07) is 23.6. The maximum atomic E-state index is 13.5. The highest BCUT2D eigenvalue weighted by Crippen LogP contribution is 2.42. The van der Waals surface area contributed by atoms with Gasteiger partial charge in [-0.05, 0) is 49.2 Å². The number of halogens is 2. The van der Waals surface area contributed by atoms with Crippen LogP contribution in [0.4, 0.5) is 11.4 Å². The van der Waals surface area contributed by atoms with Crippen LogP contribution in [-0.2, 0) is 16.0 Å². The van der Waals surface area contributed by atoms with Crippen LogP contribution >= 0.6 is 35.0 Å². The van der Waals surface area contributed by atoms with E-state index >= 15 is 0 Å². The minimum atomic E-state index is -0.667. The topological polar surface area (TPSA) is 73.2 Å². The summed E-state index contributed by atoms with van der Waals surface area (Å²) < 4.78 is 0. The summed E-state index contributed by atoms with van der Waals surface area (Å²) in [5.74, 6) is -0.854. The molecule has 0 bridgehead atoms. The van der Waals surface area contributed by atoms with Gasteiger partial charge in [-0.15, -0.1) is 0 Å². The van der Waals surface area contributed by atoms with Crippen molar-refractivity contribution in [2.75, 3.05) is 10.2 Å². The summed E-state index contributed by atoms with van der Waals surface area (Å²) in [5.41, 5.74) is 2.80. The first-order valence-electron chi connectivity index (χ1n) is 10.4. The number of carbonyl (C=O) groups excluding carboxylic acids is 2. The van der Waals surface area contributed by atoms with Crippen LogP contribution in [0.25, 0.3) is 0 Å². The van der Waals surface area contributed by atoms with Crippen molar-refractivity contribution in [3.63, 3.8) is 0 Å². The Morgan fingerprint density at radius 3 is 2.56 bits per heavy atom. The number of anilines is 2. The fourth-order valence-corrected chi connectivity index (χ4v) is 5.28. The molecule has 1 aliphatic rings. The van der Waals surface area contributed by atoms with Crippen LogP contribution in [0.2, 0.25) is 10.0 Å². The van der Waals surface area contributed by atoms with Gasteiger partial charge in [-0.1, -0.05) is 83.0 Å². The molecule has 0 aliphatic carbocycles. The number of carbonyl (C=O) groups is 2. The van der Waals surface area contributed by atoms with Gasteiger partial charge in [0.05, 0.1) is 16.0 Å². The van der Waals surface area contributed by atoms with Crippen LogP contribution in [0.5, 0.6) is 0 Å². The highest BCUT2D eigenvalue weighted by atomic mass is 35.5. The second kappa shape index (κ2) is 10.4. The van der Waals surface area contributed by atoms with E-state index in [9.17, 15) is 14.9 Å². The van der Waals surface area contributed by atoms with Gasteiger partial charge in [0.25, 0.3) is 5.91 Å². The first-order chi connectivity index (χ1) is 16.4. The largest absolute Gasteiger partial charge is 0.320 e. The molecule has 1 atom stereocenters. The van der Waals surface area contributed by atoms with E-state index in [4.69, 9.17) is 23.2 Å². The van der Waals surface area contributed by atoms with E-state index in [0.717, 1.165) is 11.1 Å². The number of benzene rings is 3. The van der Waals surface area contributed by atoms with Gasteiger partial charge in [-0.25, -0.2) is 0 Å². The number of hydrogen-bond donors (Lipinski definition) is 1. The van der Waals surface area contributed by atoms with E-state index in [1.165, 1.54) is 22.7 Å². The molecular formula is C26H19Cl2N3O2S. The second-order valence-corrected chi connectivity index (χ2v) is 9.71. The Bertz CT molecular complexity index is 1340. The van der Waals surface area contributed by atoms with Crippen LogP contribution in [0, 0.1) is 18.3 Å². The standard InChI is InChI=1S/C26H19Cl2N3O2S/c1-16-6-5-7-17(12-16)13-23-25(33)31(19-8-3-2-4-9-19)26(34-23)20(15-29)24(32)30-22-14-18(27)10-11-21(22)28/h2-12,14,23H,13H2,1H3,(H,30,32)/b26-20-/t23-/m0/s1. The molecule has 2 amide bonds. The van der Waals surface area contributed by atoms with E-state index in [-0.39, 0.29) is 27.2 Å². The highest BCUT2D eigenvalue weighted by Gasteiger charge is 2.40. The van der Waals surface area contributed by atoms with E-state index in [1.54, 1.807) is 36.4 Å². The number of nitrogens with zero attached hydrogens (tertiary/aromatic N) is 2. The van der Waals surface area contributed by atoms with Crippen molar-refractivity contribution in [1.82, 2.24) is 0 Å². The number of rotatable bonds is 5. The molecule has 0 saturated carbocycles. The number of para-hydroxylation sites is 1. The van der Waals surface area contributed by atoms with Gasteiger partial charge < -0.3 is 5.32 Å². The van der Waals surface area contributed by atoms with E-state index < -0.39 is 11.2 Å². The van der Waals surface area contributed by atoms with Gasteiger partial charge in [0.1, 0.15) is 16.7 Å². The number of nitriles is 1. The molecule has 8 heteroatoms. The molecule has 1 fully saturated rings. The van der Waals surface area contributed by atoms with Crippen LogP contribution < -0.4 is 10.2 Å². The zero-order valence-corrected chi connectivity index (χ0v) is 20.4. The first-order valence-corrected chi connectivity index (χ1v) is 12.0. The van der Waals surface area contributed by atoms with Gasteiger partial charge in [0, 0.05) is 10.7 Å². The molecule has 34 heavy (non-hydrogen) atoms. The number of amides is 2. The molecule has 1 N–H and O–H groups in total. The van der Waals surface area contributed by atoms with Crippen LogP contribution in [-0.4, -0.2) is 17.1 Å². The molecule has 1 heterocycles. The smallest absolute Gasteiger partial charge is 0.269 e. The Kier molecular flexibility index (Phi) is 7.28. The van der Waals surface area contributed by atoms with Crippen molar-refractivity contribution in [3.8, 4) is 6.07 Å². The molecule has 3 aromatic rings. The fraction of sp³-hybridized carbons (Fsp3) is 0.115. The Morgan fingerprint density at radius 2 is 1.85 bits per heavy atom. The molecule has 3 aromatic carbocycles. The third kappa shape index (κ3) is 5.13. The number of thioether (sulfide) groups is 1. The number of aryl methyl sites for hydroxylation is 1. The molecule has 0 aromatic heterocycles. The van der Waals surface area contributed by atoms with Crippen molar-refractivity contribution >= 4 is 58.2 Å². The van der Waals surface area contributed by atoms with E-state index in [2.05, 4.69) is 5.32 Å². The predicted octanol–water partition coefficient (Wildman–Crippen LogP) is 6.37. The van der Waals surface area contributed by atoms with Crippen LogP contribution in [0.3, 0.4) is 0 Å². The van der Waals surface area contributed by atoms with Crippen molar-refractivity contribution in [1.29, 1.82) is 5.26 Å².